The second kappa shape index (κ2) is 7.93. The van der Waals surface area contributed by atoms with Gasteiger partial charge in [-0.15, -0.1) is 0 Å². The average molecular weight is 280 g/mol. The summed E-state index contributed by atoms with van der Waals surface area (Å²) in [5.41, 5.74) is -0.430. The zero-order chi connectivity index (χ0) is 14.2. The predicted octanol–water partition coefficient (Wildman–Crippen LogP) is 2.70. The summed E-state index contributed by atoms with van der Waals surface area (Å²) in [4.78, 5) is 28.9. The van der Waals surface area contributed by atoms with Gasteiger partial charge in [0, 0.05) is 6.16 Å². The number of unbranched alkanes of at least 4 members (excludes halogenated alkanes) is 3. The highest BCUT2D eigenvalue weighted by Crippen LogP contribution is 2.35. The van der Waals surface area contributed by atoms with Gasteiger partial charge < -0.3 is 14.5 Å². The summed E-state index contributed by atoms with van der Waals surface area (Å²) in [5.74, 6) is -0.180. The number of ether oxygens (including phenoxy) is 1. The van der Waals surface area contributed by atoms with Crippen molar-refractivity contribution in [1.29, 1.82) is 0 Å². The SMILES string of the molecule is CCC(C)(C)C(=O)OCCCCCCP(=O)(O)O. The minimum atomic E-state index is -3.85. The summed E-state index contributed by atoms with van der Waals surface area (Å²) in [7, 11) is -3.85. The zero-order valence-electron chi connectivity index (χ0n) is 11.5. The fraction of sp³-hybridized carbons (Fsp3) is 0.917. The number of hydrogen-bond donors (Lipinski definition) is 2. The molecule has 0 amide bonds. The van der Waals surface area contributed by atoms with Gasteiger partial charge in [0.1, 0.15) is 0 Å². The molecule has 0 unspecified atom stereocenters. The summed E-state index contributed by atoms with van der Waals surface area (Å²) >= 11 is 0. The third-order valence-corrected chi connectivity index (χ3v) is 3.91. The highest BCUT2D eigenvalue weighted by Gasteiger charge is 2.26. The van der Waals surface area contributed by atoms with Crippen LogP contribution in [0.15, 0.2) is 0 Å². The van der Waals surface area contributed by atoms with E-state index >= 15 is 0 Å². The first-order valence-corrected chi connectivity index (χ1v) is 8.20. The molecule has 0 atom stereocenters. The van der Waals surface area contributed by atoms with Gasteiger partial charge in [-0.3, -0.25) is 9.36 Å². The van der Waals surface area contributed by atoms with Crippen molar-refractivity contribution in [2.24, 2.45) is 5.41 Å². The van der Waals surface area contributed by atoms with E-state index in [0.29, 0.717) is 13.0 Å². The lowest BCUT2D eigenvalue weighted by atomic mass is 9.91. The molecule has 0 spiro atoms. The van der Waals surface area contributed by atoms with Crippen LogP contribution in [-0.4, -0.2) is 28.5 Å². The molecule has 108 valence electrons. The van der Waals surface area contributed by atoms with Crippen LogP contribution in [0.3, 0.4) is 0 Å². The van der Waals surface area contributed by atoms with Crippen LogP contribution in [0.25, 0.3) is 0 Å². The van der Waals surface area contributed by atoms with E-state index in [2.05, 4.69) is 0 Å². The minimum absolute atomic E-state index is 0.0599. The molecule has 0 aliphatic carbocycles. The quantitative estimate of drug-likeness (QED) is 0.385. The third-order valence-electron chi connectivity index (χ3n) is 3.01. The zero-order valence-corrected chi connectivity index (χ0v) is 12.4. The Hall–Kier alpha value is -0.380. The van der Waals surface area contributed by atoms with Crippen molar-refractivity contribution in [3.05, 3.63) is 0 Å². The van der Waals surface area contributed by atoms with Crippen LogP contribution in [0, 0.1) is 5.41 Å². The first-order valence-electron chi connectivity index (χ1n) is 6.41. The Kier molecular flexibility index (Phi) is 7.76. The normalized spacial score (nSPS) is 12.5. The Balaban J connectivity index is 3.53. The molecule has 5 nitrogen and oxygen atoms in total. The Bertz CT molecular complexity index is 295. The summed E-state index contributed by atoms with van der Waals surface area (Å²) < 4.78 is 15.7. The number of carbonyl (C=O) groups excluding carboxylic acids is 1. The minimum Gasteiger partial charge on any atom is -0.465 e. The molecule has 0 aromatic heterocycles. The molecule has 0 radical (unpaired) electrons. The third kappa shape index (κ3) is 8.67. The number of carbonyl (C=O) groups is 1. The molecule has 0 aromatic carbocycles. The average Bonchev–Trinajstić information content (AvgIpc) is 2.25. The highest BCUT2D eigenvalue weighted by atomic mass is 31.2. The largest absolute Gasteiger partial charge is 0.465 e. The Labute approximate surface area is 109 Å². The van der Waals surface area contributed by atoms with E-state index in [9.17, 15) is 9.36 Å². The van der Waals surface area contributed by atoms with Gasteiger partial charge in [0.2, 0.25) is 0 Å². The number of hydrogen-bond acceptors (Lipinski definition) is 3. The van der Waals surface area contributed by atoms with Crippen molar-refractivity contribution in [3.63, 3.8) is 0 Å². The first kappa shape index (κ1) is 17.6. The fourth-order valence-corrected chi connectivity index (χ4v) is 1.91. The van der Waals surface area contributed by atoms with Crippen molar-refractivity contribution in [2.45, 2.75) is 52.9 Å². The van der Waals surface area contributed by atoms with Gasteiger partial charge in [0.15, 0.2) is 0 Å². The smallest absolute Gasteiger partial charge is 0.325 e. The van der Waals surface area contributed by atoms with E-state index in [0.717, 1.165) is 25.7 Å². The lowest BCUT2D eigenvalue weighted by molar-refractivity contribution is -0.154. The lowest BCUT2D eigenvalue weighted by Crippen LogP contribution is -2.26. The molecule has 0 heterocycles. The van der Waals surface area contributed by atoms with E-state index < -0.39 is 13.0 Å². The second-order valence-electron chi connectivity index (χ2n) is 5.18. The van der Waals surface area contributed by atoms with E-state index in [4.69, 9.17) is 14.5 Å². The molecule has 0 fully saturated rings. The molecular formula is C12H25O5P. The van der Waals surface area contributed by atoms with Crippen molar-refractivity contribution < 1.29 is 23.9 Å². The standard InChI is InChI=1S/C12H25O5P/c1-4-12(2,3)11(13)17-9-7-5-6-8-10-18(14,15)16/h4-10H2,1-3H3,(H2,14,15,16). The predicted molar refractivity (Wildman–Crippen MR) is 70.4 cm³/mol. The molecule has 0 saturated carbocycles. The van der Waals surface area contributed by atoms with E-state index in [1.807, 2.05) is 20.8 Å². The Morgan fingerprint density at radius 3 is 2.22 bits per heavy atom. The number of rotatable bonds is 9. The summed E-state index contributed by atoms with van der Waals surface area (Å²) in [5, 5.41) is 0. The molecule has 0 aliphatic rings. The molecule has 0 rings (SSSR count). The second-order valence-corrected chi connectivity index (χ2v) is 6.95. The maximum Gasteiger partial charge on any atom is 0.325 e. The highest BCUT2D eigenvalue weighted by molar-refractivity contribution is 7.51. The summed E-state index contributed by atoms with van der Waals surface area (Å²) in [6.07, 6.45) is 3.51. The molecular weight excluding hydrogens is 255 g/mol. The molecule has 0 bridgehead atoms. The van der Waals surface area contributed by atoms with E-state index in [-0.39, 0.29) is 12.1 Å². The molecule has 18 heavy (non-hydrogen) atoms. The maximum atomic E-state index is 11.6. The summed E-state index contributed by atoms with van der Waals surface area (Å²) in [6.45, 7) is 6.05. The van der Waals surface area contributed by atoms with Crippen molar-refractivity contribution in [1.82, 2.24) is 0 Å². The monoisotopic (exact) mass is 280 g/mol. The van der Waals surface area contributed by atoms with Crippen LogP contribution in [0.2, 0.25) is 0 Å². The van der Waals surface area contributed by atoms with E-state index in [1.54, 1.807) is 0 Å². The van der Waals surface area contributed by atoms with Crippen LogP contribution in [-0.2, 0) is 14.1 Å². The molecule has 0 aliphatic heterocycles. The Morgan fingerprint density at radius 2 is 1.72 bits per heavy atom. The van der Waals surface area contributed by atoms with Gasteiger partial charge in [-0.2, -0.15) is 0 Å². The summed E-state index contributed by atoms with van der Waals surface area (Å²) in [6, 6.07) is 0. The molecule has 0 aromatic rings. The van der Waals surface area contributed by atoms with Crippen LogP contribution in [0.4, 0.5) is 0 Å². The molecule has 0 saturated heterocycles. The van der Waals surface area contributed by atoms with Gasteiger partial charge in [0.25, 0.3) is 0 Å². The van der Waals surface area contributed by atoms with Gasteiger partial charge in [-0.05, 0) is 33.1 Å². The topological polar surface area (TPSA) is 83.8 Å². The van der Waals surface area contributed by atoms with Gasteiger partial charge in [-0.1, -0.05) is 19.8 Å². The van der Waals surface area contributed by atoms with Gasteiger partial charge in [-0.25, -0.2) is 0 Å². The van der Waals surface area contributed by atoms with Crippen molar-refractivity contribution >= 4 is 13.6 Å². The maximum absolute atomic E-state index is 11.6. The lowest BCUT2D eigenvalue weighted by Gasteiger charge is -2.20. The number of esters is 1. The van der Waals surface area contributed by atoms with Gasteiger partial charge >= 0.3 is 13.6 Å². The Morgan fingerprint density at radius 1 is 1.17 bits per heavy atom. The van der Waals surface area contributed by atoms with Crippen molar-refractivity contribution in [2.75, 3.05) is 12.8 Å². The van der Waals surface area contributed by atoms with Gasteiger partial charge in [0.05, 0.1) is 12.0 Å². The molecule has 6 heteroatoms. The van der Waals surface area contributed by atoms with Crippen LogP contribution >= 0.6 is 7.60 Å². The molecule has 2 N–H and O–H groups in total. The van der Waals surface area contributed by atoms with Crippen LogP contribution < -0.4 is 0 Å². The van der Waals surface area contributed by atoms with E-state index in [1.165, 1.54) is 0 Å². The fourth-order valence-electron chi connectivity index (χ4n) is 1.28. The van der Waals surface area contributed by atoms with Crippen molar-refractivity contribution in [3.8, 4) is 0 Å². The first-order chi connectivity index (χ1) is 8.19. The van der Waals surface area contributed by atoms with Crippen LogP contribution in [0.5, 0.6) is 0 Å². The van der Waals surface area contributed by atoms with Crippen LogP contribution in [0.1, 0.15) is 52.9 Å².